The van der Waals surface area contributed by atoms with E-state index >= 15 is 0 Å². The fourth-order valence-electron chi connectivity index (χ4n) is 3.59. The highest BCUT2D eigenvalue weighted by atomic mass is 32.1. The summed E-state index contributed by atoms with van der Waals surface area (Å²) in [7, 11) is 0. The number of fused-ring (bicyclic) bond motifs is 1. The average Bonchev–Trinajstić information content (AvgIpc) is 2.97. The Morgan fingerprint density at radius 3 is 2.46 bits per heavy atom. The Morgan fingerprint density at radius 2 is 1.81 bits per heavy atom. The van der Waals surface area contributed by atoms with Crippen molar-refractivity contribution in [3.8, 4) is 0 Å². The predicted molar refractivity (Wildman–Crippen MR) is 97.9 cm³/mol. The average molecular weight is 376 g/mol. The lowest BCUT2D eigenvalue weighted by molar-refractivity contribution is -0.137. The molecule has 0 saturated carbocycles. The van der Waals surface area contributed by atoms with Crippen molar-refractivity contribution in [3.05, 3.63) is 58.9 Å². The van der Waals surface area contributed by atoms with E-state index in [9.17, 15) is 13.2 Å². The van der Waals surface area contributed by atoms with Crippen LogP contribution >= 0.6 is 12.2 Å². The number of nitrogens with zero attached hydrogens (tertiary/aromatic N) is 2. The van der Waals surface area contributed by atoms with Crippen LogP contribution in [0.2, 0.25) is 0 Å². The summed E-state index contributed by atoms with van der Waals surface area (Å²) in [6.45, 7) is 1.52. The Labute approximate surface area is 154 Å². The number of nitrogens with one attached hydrogen (secondary N) is 1. The normalized spacial score (nSPS) is 16.3. The second kappa shape index (κ2) is 6.46. The number of H-pyrrole nitrogens is 1. The molecular weight excluding hydrogens is 359 g/mol. The molecule has 4 rings (SSSR count). The predicted octanol–water partition coefficient (Wildman–Crippen LogP) is 5.36. The molecule has 2 heterocycles. The fraction of sp³-hybridized carbons (Fsp3) is 0.316. The molecule has 1 radical (unpaired) electrons. The highest BCUT2D eigenvalue weighted by Crippen LogP contribution is 2.32. The van der Waals surface area contributed by atoms with E-state index in [-0.39, 0.29) is 6.04 Å². The molecule has 1 aliphatic rings. The van der Waals surface area contributed by atoms with Gasteiger partial charge in [0.1, 0.15) is 0 Å². The van der Waals surface area contributed by atoms with Crippen LogP contribution in [0.4, 0.5) is 18.9 Å². The summed E-state index contributed by atoms with van der Waals surface area (Å²) in [4.78, 5) is 5.32. The first-order valence-electron chi connectivity index (χ1n) is 8.46. The van der Waals surface area contributed by atoms with Gasteiger partial charge in [-0.25, -0.2) is 0 Å². The van der Waals surface area contributed by atoms with Gasteiger partial charge in [-0.3, -0.25) is 0 Å². The molecule has 0 spiro atoms. The number of halogens is 3. The van der Waals surface area contributed by atoms with Crippen LogP contribution in [0.15, 0.2) is 42.5 Å². The quantitative estimate of drug-likeness (QED) is 0.609. The van der Waals surface area contributed by atoms with E-state index < -0.39 is 11.7 Å². The maximum Gasteiger partial charge on any atom is 0.416 e. The lowest BCUT2D eigenvalue weighted by atomic mass is 10.0. The number of para-hydroxylation sites is 2. The number of aromatic nitrogens is 2. The fourth-order valence-corrected chi connectivity index (χ4v) is 3.95. The van der Waals surface area contributed by atoms with Crippen LogP contribution in [0.5, 0.6) is 0 Å². The summed E-state index contributed by atoms with van der Waals surface area (Å²) in [6.07, 6.45) is -2.57. The molecule has 0 atom stereocenters. The number of rotatable bonds is 2. The van der Waals surface area contributed by atoms with Crippen molar-refractivity contribution in [1.82, 2.24) is 9.55 Å². The molecule has 0 bridgehead atoms. The maximum absolute atomic E-state index is 12.7. The minimum absolute atomic E-state index is 0.282. The van der Waals surface area contributed by atoms with E-state index in [0.717, 1.165) is 49.1 Å². The van der Waals surface area contributed by atoms with E-state index in [1.165, 1.54) is 6.07 Å². The Balaban J connectivity index is 1.50. The topological polar surface area (TPSA) is 24.0 Å². The van der Waals surface area contributed by atoms with Gasteiger partial charge in [0.05, 0.1) is 16.6 Å². The first-order chi connectivity index (χ1) is 12.4. The summed E-state index contributed by atoms with van der Waals surface area (Å²) in [6, 6.07) is 14.7. The summed E-state index contributed by atoms with van der Waals surface area (Å²) in [5, 5.41) is 0. The molecule has 0 unspecified atom stereocenters. The Hall–Kier alpha value is -2.28. The van der Waals surface area contributed by atoms with Crippen LogP contribution in [0, 0.1) is 10.8 Å². The van der Waals surface area contributed by atoms with Gasteiger partial charge < -0.3 is 14.5 Å². The highest BCUT2D eigenvalue weighted by molar-refractivity contribution is 7.71. The number of hydrogen-bond donors (Lipinski definition) is 1. The van der Waals surface area contributed by atoms with Gasteiger partial charge >= 0.3 is 6.18 Å². The molecule has 7 heteroatoms. The summed E-state index contributed by atoms with van der Waals surface area (Å²) in [5.41, 5.74) is 2.16. The smallest absolute Gasteiger partial charge is 0.371 e. The van der Waals surface area contributed by atoms with Crippen LogP contribution in [0.1, 0.15) is 24.4 Å². The molecule has 1 fully saturated rings. The second-order valence-corrected chi connectivity index (χ2v) is 6.88. The monoisotopic (exact) mass is 376 g/mol. The van der Waals surface area contributed by atoms with Crippen molar-refractivity contribution in [2.45, 2.75) is 25.1 Å². The first kappa shape index (κ1) is 17.1. The lowest BCUT2D eigenvalue weighted by Crippen LogP contribution is -2.34. The van der Waals surface area contributed by atoms with E-state index in [2.05, 4.69) is 26.6 Å². The maximum atomic E-state index is 12.7. The standard InChI is InChI=1S/C19H17F3N3S/c20-19(21,22)13-5-7-14(8-6-13)24-11-9-15(10-12-24)25-17-4-2-1-3-16(17)23-18(25)26/h1-7,15H,9-12H2,(H,23,26). The molecular formula is C19H17F3N3S. The number of hydrogen-bond acceptors (Lipinski definition) is 2. The zero-order chi connectivity index (χ0) is 18.3. The van der Waals surface area contributed by atoms with E-state index in [1.807, 2.05) is 18.2 Å². The van der Waals surface area contributed by atoms with Gasteiger partial charge in [0, 0.05) is 30.9 Å². The van der Waals surface area contributed by atoms with Crippen molar-refractivity contribution in [2.24, 2.45) is 0 Å². The van der Waals surface area contributed by atoms with Crippen molar-refractivity contribution < 1.29 is 13.2 Å². The largest absolute Gasteiger partial charge is 0.416 e. The minimum atomic E-state index is -4.33. The third-order valence-corrected chi connectivity index (χ3v) is 5.22. The highest BCUT2D eigenvalue weighted by Gasteiger charge is 2.30. The molecule has 2 aromatic carbocycles. The number of alkyl halides is 3. The minimum Gasteiger partial charge on any atom is -0.371 e. The molecule has 3 aromatic rings. The van der Waals surface area contributed by atoms with Crippen LogP contribution in [-0.2, 0) is 6.18 Å². The molecule has 26 heavy (non-hydrogen) atoms. The van der Waals surface area contributed by atoms with Crippen molar-refractivity contribution >= 4 is 28.9 Å². The number of anilines is 1. The van der Waals surface area contributed by atoms with Gasteiger partial charge in [-0.15, -0.1) is 0 Å². The van der Waals surface area contributed by atoms with Crippen molar-refractivity contribution in [2.75, 3.05) is 18.0 Å². The van der Waals surface area contributed by atoms with Crippen LogP contribution in [0.3, 0.4) is 0 Å². The van der Waals surface area contributed by atoms with Gasteiger partial charge in [0.2, 0.25) is 0 Å². The second-order valence-electron chi connectivity index (χ2n) is 6.50. The third kappa shape index (κ3) is 3.11. The summed E-state index contributed by atoms with van der Waals surface area (Å²) in [5.74, 6) is 0. The van der Waals surface area contributed by atoms with Crippen LogP contribution < -0.4 is 4.90 Å². The van der Waals surface area contributed by atoms with Gasteiger partial charge in [0.25, 0.3) is 0 Å². The SMILES string of the molecule is FC(F)(F)c1c[c]c(N2CCC(n3c(=S)[nH]c4ccccc43)CC2)cc1. The molecule has 0 amide bonds. The third-order valence-electron chi connectivity index (χ3n) is 4.92. The number of benzene rings is 2. The van der Waals surface area contributed by atoms with Gasteiger partial charge in [0.15, 0.2) is 4.77 Å². The Bertz CT molecular complexity index is 964. The van der Waals surface area contributed by atoms with Gasteiger partial charge in [-0.05, 0) is 55.4 Å². The zero-order valence-electron chi connectivity index (χ0n) is 13.9. The molecule has 3 nitrogen and oxygen atoms in total. The van der Waals surface area contributed by atoms with Crippen LogP contribution in [0.25, 0.3) is 11.0 Å². The zero-order valence-corrected chi connectivity index (χ0v) is 14.7. The van der Waals surface area contributed by atoms with E-state index in [4.69, 9.17) is 12.2 Å². The molecule has 135 valence electrons. The van der Waals surface area contributed by atoms with Crippen molar-refractivity contribution in [1.29, 1.82) is 0 Å². The molecule has 1 aliphatic heterocycles. The van der Waals surface area contributed by atoms with E-state index in [1.54, 1.807) is 0 Å². The number of piperidine rings is 1. The van der Waals surface area contributed by atoms with Gasteiger partial charge in [-0.2, -0.15) is 13.2 Å². The van der Waals surface area contributed by atoms with Gasteiger partial charge in [-0.1, -0.05) is 12.1 Å². The molecule has 1 saturated heterocycles. The lowest BCUT2D eigenvalue weighted by Gasteiger charge is -2.34. The first-order valence-corrected chi connectivity index (χ1v) is 8.87. The summed E-state index contributed by atoms with van der Waals surface area (Å²) >= 11 is 5.49. The Kier molecular flexibility index (Phi) is 4.26. The Morgan fingerprint density at radius 1 is 1.08 bits per heavy atom. The number of aromatic amines is 1. The van der Waals surface area contributed by atoms with Crippen LogP contribution in [-0.4, -0.2) is 22.6 Å². The van der Waals surface area contributed by atoms with E-state index in [0.29, 0.717) is 10.5 Å². The molecule has 0 aliphatic carbocycles. The summed E-state index contributed by atoms with van der Waals surface area (Å²) < 4.78 is 40.9. The molecule has 1 aromatic heterocycles. The number of imidazole rings is 1. The van der Waals surface area contributed by atoms with Crippen molar-refractivity contribution in [3.63, 3.8) is 0 Å². The molecule has 1 N–H and O–H groups in total.